The molecule has 0 unspecified atom stereocenters. The van der Waals surface area contributed by atoms with E-state index in [9.17, 15) is 0 Å². The van der Waals surface area contributed by atoms with Crippen molar-refractivity contribution in [3.8, 4) is 5.75 Å². The summed E-state index contributed by atoms with van der Waals surface area (Å²) in [5, 5.41) is 4.42. The van der Waals surface area contributed by atoms with Crippen molar-refractivity contribution in [2.45, 2.75) is 25.7 Å². The molecule has 98 valence electrons. The van der Waals surface area contributed by atoms with E-state index < -0.39 is 0 Å². The Labute approximate surface area is 118 Å². The molecule has 0 aliphatic heterocycles. The largest absolute Gasteiger partial charge is 0.497 e. The second kappa shape index (κ2) is 5.62. The Morgan fingerprint density at radius 1 is 1.00 bits per heavy atom. The highest BCUT2D eigenvalue weighted by atomic mass is 32.1. The Morgan fingerprint density at radius 3 is 2.32 bits per heavy atom. The van der Waals surface area contributed by atoms with Crippen LogP contribution in [-0.2, 0) is 0 Å². The number of benzene rings is 1. The van der Waals surface area contributed by atoms with Gasteiger partial charge in [0, 0.05) is 0 Å². The molecule has 1 fully saturated rings. The second-order valence-corrected chi connectivity index (χ2v) is 5.71. The molecule has 1 aromatic heterocycles. The summed E-state index contributed by atoms with van der Waals surface area (Å²) in [5.74, 6) is 0.921. The Morgan fingerprint density at radius 2 is 1.74 bits per heavy atom. The summed E-state index contributed by atoms with van der Waals surface area (Å²) < 4.78 is 5.25. The van der Waals surface area contributed by atoms with Crippen LogP contribution in [0.1, 0.15) is 36.8 Å². The normalized spacial score (nSPS) is 14.7. The number of ether oxygens (including phenoxy) is 1. The highest BCUT2D eigenvalue weighted by Gasteiger charge is 2.16. The minimum Gasteiger partial charge on any atom is -0.497 e. The summed E-state index contributed by atoms with van der Waals surface area (Å²) in [7, 11) is 1.71. The number of allylic oxidation sites excluding steroid dienone is 1. The maximum atomic E-state index is 5.25. The van der Waals surface area contributed by atoms with Crippen molar-refractivity contribution < 1.29 is 4.74 Å². The van der Waals surface area contributed by atoms with Crippen LogP contribution in [0.3, 0.4) is 0 Å². The standard InChI is InChI=1S/C17H18OS/c1-18-16-8-6-14(7-9-16)17(13-4-2-3-5-13)15-10-11-19-12-15/h6-12H,2-5H2,1H3. The molecule has 19 heavy (non-hydrogen) atoms. The number of hydrogen-bond acceptors (Lipinski definition) is 2. The first-order valence-corrected chi connectivity index (χ1v) is 7.72. The van der Waals surface area contributed by atoms with Crippen molar-refractivity contribution in [1.29, 1.82) is 0 Å². The lowest BCUT2D eigenvalue weighted by molar-refractivity contribution is 0.415. The summed E-state index contributed by atoms with van der Waals surface area (Å²) in [5.41, 5.74) is 5.74. The molecule has 0 amide bonds. The van der Waals surface area contributed by atoms with Gasteiger partial charge in [0.1, 0.15) is 5.75 Å². The molecule has 0 atom stereocenters. The first-order valence-electron chi connectivity index (χ1n) is 6.77. The zero-order chi connectivity index (χ0) is 13.1. The predicted molar refractivity (Wildman–Crippen MR) is 81.8 cm³/mol. The van der Waals surface area contributed by atoms with Gasteiger partial charge in [-0.1, -0.05) is 17.7 Å². The summed E-state index contributed by atoms with van der Waals surface area (Å²) in [6, 6.07) is 10.7. The van der Waals surface area contributed by atoms with Crippen LogP contribution in [0.25, 0.3) is 5.57 Å². The van der Waals surface area contributed by atoms with E-state index in [4.69, 9.17) is 4.74 Å². The summed E-state index contributed by atoms with van der Waals surface area (Å²) in [6.45, 7) is 0. The second-order valence-electron chi connectivity index (χ2n) is 4.93. The van der Waals surface area contributed by atoms with Crippen LogP contribution in [0.15, 0.2) is 46.7 Å². The van der Waals surface area contributed by atoms with Crippen LogP contribution >= 0.6 is 11.3 Å². The van der Waals surface area contributed by atoms with Crippen molar-refractivity contribution in [1.82, 2.24) is 0 Å². The Hall–Kier alpha value is -1.54. The molecule has 1 saturated carbocycles. The fourth-order valence-electron chi connectivity index (χ4n) is 2.79. The van der Waals surface area contributed by atoms with Crippen LogP contribution in [0.2, 0.25) is 0 Å². The molecule has 2 heteroatoms. The summed E-state index contributed by atoms with van der Waals surface area (Å²) in [6.07, 6.45) is 5.16. The monoisotopic (exact) mass is 270 g/mol. The lowest BCUT2D eigenvalue weighted by atomic mass is 9.94. The van der Waals surface area contributed by atoms with Crippen molar-refractivity contribution in [2.75, 3.05) is 7.11 Å². The zero-order valence-electron chi connectivity index (χ0n) is 11.2. The molecule has 0 spiro atoms. The molecule has 0 N–H and O–H groups in total. The minimum atomic E-state index is 0.921. The molecule has 1 aliphatic rings. The van der Waals surface area contributed by atoms with E-state index in [1.165, 1.54) is 42.4 Å². The van der Waals surface area contributed by atoms with Crippen molar-refractivity contribution in [2.24, 2.45) is 0 Å². The summed E-state index contributed by atoms with van der Waals surface area (Å²) in [4.78, 5) is 0. The SMILES string of the molecule is COc1ccc(C(=C2CCCC2)c2ccsc2)cc1. The highest BCUT2D eigenvalue weighted by molar-refractivity contribution is 7.08. The first-order chi connectivity index (χ1) is 9.38. The van der Waals surface area contributed by atoms with Gasteiger partial charge in [-0.15, -0.1) is 0 Å². The molecule has 0 radical (unpaired) electrons. The van der Waals surface area contributed by atoms with Gasteiger partial charge in [-0.05, 0) is 71.3 Å². The molecule has 0 saturated heterocycles. The average molecular weight is 270 g/mol. The Balaban J connectivity index is 2.06. The van der Waals surface area contributed by atoms with E-state index in [0.717, 1.165) is 5.75 Å². The molecule has 1 nitrogen and oxygen atoms in total. The lowest BCUT2D eigenvalue weighted by Crippen LogP contribution is -1.91. The van der Waals surface area contributed by atoms with Gasteiger partial charge in [0.25, 0.3) is 0 Å². The van der Waals surface area contributed by atoms with Crippen LogP contribution < -0.4 is 4.74 Å². The molecule has 1 aliphatic carbocycles. The van der Waals surface area contributed by atoms with E-state index in [2.05, 4.69) is 41.1 Å². The van der Waals surface area contributed by atoms with Gasteiger partial charge in [0.15, 0.2) is 0 Å². The van der Waals surface area contributed by atoms with Gasteiger partial charge in [-0.25, -0.2) is 0 Å². The van der Waals surface area contributed by atoms with Crippen molar-refractivity contribution >= 4 is 16.9 Å². The van der Waals surface area contributed by atoms with Gasteiger partial charge in [0.05, 0.1) is 7.11 Å². The topological polar surface area (TPSA) is 9.23 Å². The molecule has 0 bridgehead atoms. The number of thiophene rings is 1. The summed E-state index contributed by atoms with van der Waals surface area (Å²) >= 11 is 1.77. The van der Waals surface area contributed by atoms with Crippen molar-refractivity contribution in [3.63, 3.8) is 0 Å². The van der Waals surface area contributed by atoms with E-state index in [1.807, 2.05) is 0 Å². The smallest absolute Gasteiger partial charge is 0.118 e. The Bertz CT molecular complexity index is 556. The number of methoxy groups -OCH3 is 1. The number of rotatable bonds is 3. The van der Waals surface area contributed by atoms with Crippen molar-refractivity contribution in [3.05, 3.63) is 57.8 Å². The Kier molecular flexibility index (Phi) is 3.69. The third-order valence-electron chi connectivity index (χ3n) is 3.75. The van der Waals surface area contributed by atoms with Gasteiger partial charge >= 0.3 is 0 Å². The average Bonchev–Trinajstić information content (AvgIpc) is 3.13. The quantitative estimate of drug-likeness (QED) is 0.751. The molecule has 1 aromatic carbocycles. The molecule has 3 rings (SSSR count). The molecule has 1 heterocycles. The van der Waals surface area contributed by atoms with Crippen LogP contribution in [-0.4, -0.2) is 7.11 Å². The highest BCUT2D eigenvalue weighted by Crippen LogP contribution is 2.37. The van der Waals surface area contributed by atoms with Crippen LogP contribution in [0, 0.1) is 0 Å². The number of hydrogen-bond donors (Lipinski definition) is 0. The fourth-order valence-corrected chi connectivity index (χ4v) is 3.44. The zero-order valence-corrected chi connectivity index (χ0v) is 12.0. The van der Waals surface area contributed by atoms with Crippen LogP contribution in [0.5, 0.6) is 5.75 Å². The van der Waals surface area contributed by atoms with E-state index >= 15 is 0 Å². The maximum Gasteiger partial charge on any atom is 0.118 e. The lowest BCUT2D eigenvalue weighted by Gasteiger charge is -2.11. The first kappa shape index (κ1) is 12.5. The van der Waals surface area contributed by atoms with Gasteiger partial charge < -0.3 is 4.74 Å². The molecular weight excluding hydrogens is 252 g/mol. The predicted octanol–water partition coefficient (Wildman–Crippen LogP) is 5.13. The van der Waals surface area contributed by atoms with E-state index in [-0.39, 0.29) is 0 Å². The molecule has 2 aromatic rings. The van der Waals surface area contributed by atoms with Gasteiger partial charge in [0.2, 0.25) is 0 Å². The third-order valence-corrected chi connectivity index (χ3v) is 4.43. The fraction of sp³-hybridized carbons (Fsp3) is 0.294. The maximum absolute atomic E-state index is 5.25. The van der Waals surface area contributed by atoms with E-state index in [1.54, 1.807) is 24.0 Å². The van der Waals surface area contributed by atoms with Gasteiger partial charge in [-0.3, -0.25) is 0 Å². The molecular formula is C17H18OS. The minimum absolute atomic E-state index is 0.921. The van der Waals surface area contributed by atoms with E-state index in [0.29, 0.717) is 0 Å². The van der Waals surface area contributed by atoms with Crippen LogP contribution in [0.4, 0.5) is 0 Å². The third kappa shape index (κ3) is 2.59. The van der Waals surface area contributed by atoms with Gasteiger partial charge in [-0.2, -0.15) is 11.3 Å².